The Labute approximate surface area is 252 Å². The van der Waals surface area contributed by atoms with Crippen molar-refractivity contribution in [3.63, 3.8) is 0 Å². The number of β-amino-alcohol motifs (C(OH)–C–C–N with tert-alkyl or cyclic N) is 1. The normalized spacial score (nSPS) is 17.9. The number of aliphatic hydroxyl groups excluding tert-OH is 1. The Kier molecular flexibility index (Phi) is 10.1. The zero-order valence-electron chi connectivity index (χ0n) is 24.1. The van der Waals surface area contributed by atoms with E-state index in [1.165, 1.54) is 17.5 Å². The lowest BCUT2D eigenvalue weighted by molar-refractivity contribution is 0.0805. The zero-order valence-corrected chi connectivity index (χ0v) is 25.6. The fraction of sp³-hybridized carbons (Fsp3) is 0.467. The Morgan fingerprint density at radius 1 is 1.12 bits per heavy atom. The van der Waals surface area contributed by atoms with Crippen molar-refractivity contribution in [3.05, 3.63) is 58.7 Å². The van der Waals surface area contributed by atoms with Gasteiger partial charge in [-0.25, -0.2) is 4.98 Å². The van der Waals surface area contributed by atoms with E-state index in [9.17, 15) is 5.11 Å². The summed E-state index contributed by atoms with van der Waals surface area (Å²) in [4.78, 5) is 14.2. The Morgan fingerprint density at radius 3 is 2.68 bits per heavy atom. The Bertz CT molecular complexity index is 1320. The maximum absolute atomic E-state index is 9.28. The van der Waals surface area contributed by atoms with Crippen LogP contribution in [0, 0.1) is 0 Å². The summed E-state index contributed by atoms with van der Waals surface area (Å²) < 4.78 is 7.92. The van der Waals surface area contributed by atoms with Crippen molar-refractivity contribution in [2.75, 3.05) is 74.7 Å². The molecule has 1 aromatic heterocycles. The van der Waals surface area contributed by atoms with Crippen molar-refractivity contribution in [2.45, 2.75) is 31.7 Å². The summed E-state index contributed by atoms with van der Waals surface area (Å²) >= 11 is 8.14. The minimum Gasteiger partial charge on any atom is -0.495 e. The Balaban J connectivity index is 1.33. The summed E-state index contributed by atoms with van der Waals surface area (Å²) in [5, 5.41) is 16.5. The molecule has 1 aliphatic heterocycles. The van der Waals surface area contributed by atoms with Gasteiger partial charge in [0.25, 0.3) is 0 Å². The van der Waals surface area contributed by atoms with Crippen molar-refractivity contribution in [1.82, 2.24) is 19.8 Å². The van der Waals surface area contributed by atoms with E-state index in [1.807, 2.05) is 31.5 Å². The van der Waals surface area contributed by atoms with Crippen LogP contribution in [0.15, 0.2) is 42.6 Å². The number of piperazine rings is 1. The fourth-order valence-corrected chi connectivity index (χ4v) is 6.25. The van der Waals surface area contributed by atoms with Crippen molar-refractivity contribution >= 4 is 52.4 Å². The first-order valence-electron chi connectivity index (χ1n) is 14.2. The molecule has 0 amide bonds. The summed E-state index contributed by atoms with van der Waals surface area (Å²) in [6, 6.07) is 13.0. The minimum absolute atomic E-state index is 0.232. The molecule has 1 aliphatic carbocycles. The summed E-state index contributed by atoms with van der Waals surface area (Å²) in [6.07, 6.45) is 8.02. The average Bonchev–Trinajstić information content (AvgIpc) is 3.21. The van der Waals surface area contributed by atoms with Crippen molar-refractivity contribution < 1.29 is 9.84 Å². The first-order chi connectivity index (χ1) is 20.0. The maximum atomic E-state index is 9.28. The summed E-state index contributed by atoms with van der Waals surface area (Å²) in [7, 11) is 3.72. The largest absolute Gasteiger partial charge is 0.495 e. The highest BCUT2D eigenvalue weighted by Crippen LogP contribution is 2.36. The number of nitrogens with zero attached hydrogens (tertiary/aromatic N) is 5. The van der Waals surface area contributed by atoms with Gasteiger partial charge < -0.3 is 24.8 Å². The van der Waals surface area contributed by atoms with Crippen LogP contribution in [0.2, 0.25) is 5.02 Å². The van der Waals surface area contributed by atoms with Gasteiger partial charge in [0, 0.05) is 52.1 Å². The van der Waals surface area contributed by atoms with Crippen LogP contribution in [0.1, 0.15) is 24.0 Å². The zero-order chi connectivity index (χ0) is 28.8. The number of ether oxygens (including phenoxy) is 1. The van der Waals surface area contributed by atoms with Gasteiger partial charge in [-0.2, -0.15) is 4.98 Å². The molecule has 2 heterocycles. The number of nitrogens with one attached hydrogen (secondary N) is 2. The van der Waals surface area contributed by atoms with Crippen LogP contribution in [0.3, 0.4) is 0 Å². The second-order valence-corrected chi connectivity index (χ2v) is 11.8. The molecular weight excluding hydrogens is 558 g/mol. The van der Waals surface area contributed by atoms with Crippen LogP contribution in [0.4, 0.5) is 28.8 Å². The number of halogens is 1. The van der Waals surface area contributed by atoms with Gasteiger partial charge >= 0.3 is 0 Å². The molecule has 2 aromatic carbocycles. The van der Waals surface area contributed by atoms with Gasteiger partial charge in [0.05, 0.1) is 37.0 Å². The third-order valence-electron chi connectivity index (χ3n) is 8.06. The third-order valence-corrected chi connectivity index (χ3v) is 9.08. The molecule has 41 heavy (non-hydrogen) atoms. The molecule has 2 aliphatic rings. The van der Waals surface area contributed by atoms with Crippen molar-refractivity contribution in [1.29, 1.82) is 0 Å². The van der Waals surface area contributed by atoms with E-state index in [-0.39, 0.29) is 6.61 Å². The molecule has 3 N–H and O–H groups in total. The van der Waals surface area contributed by atoms with E-state index < -0.39 is 0 Å². The number of fused-ring (bicyclic) bond motifs is 1. The predicted molar refractivity (Wildman–Crippen MR) is 170 cm³/mol. The summed E-state index contributed by atoms with van der Waals surface area (Å²) in [6.45, 7) is 5.15. The molecule has 0 saturated carbocycles. The molecule has 0 radical (unpaired) electrons. The summed E-state index contributed by atoms with van der Waals surface area (Å²) in [5.74, 6) is 1.75. The van der Waals surface area contributed by atoms with Gasteiger partial charge in [0.2, 0.25) is 5.95 Å². The maximum Gasteiger partial charge on any atom is 0.229 e. The van der Waals surface area contributed by atoms with E-state index in [0.717, 1.165) is 74.8 Å². The number of hydrogen-bond donors (Lipinski definition) is 3. The van der Waals surface area contributed by atoms with Gasteiger partial charge in [0.15, 0.2) is 5.82 Å². The number of methoxy groups -OCH3 is 1. The number of hydrogen-bond acceptors (Lipinski definition) is 10. The van der Waals surface area contributed by atoms with Crippen molar-refractivity contribution in [3.8, 4) is 5.75 Å². The number of aryl methyl sites for hydroxylation is 1. The molecule has 1 fully saturated rings. The molecular formula is C30H40ClN7O2S. The molecule has 0 spiro atoms. The molecule has 11 heteroatoms. The van der Waals surface area contributed by atoms with E-state index in [0.29, 0.717) is 22.8 Å². The van der Waals surface area contributed by atoms with Crippen LogP contribution in [0.5, 0.6) is 5.75 Å². The van der Waals surface area contributed by atoms with Crippen LogP contribution in [-0.4, -0.2) is 90.7 Å². The van der Waals surface area contributed by atoms with Gasteiger partial charge in [-0.15, -0.1) is 0 Å². The highest BCUT2D eigenvalue weighted by molar-refractivity contribution is 7.99. The van der Waals surface area contributed by atoms with E-state index in [4.69, 9.17) is 21.3 Å². The Morgan fingerprint density at radius 2 is 1.93 bits per heavy atom. The second kappa shape index (κ2) is 13.9. The number of benzene rings is 2. The minimum atomic E-state index is 0.232. The SMILES string of the molecule is COc1cc2c(cc1Nc1ncc(Cl)c(Nc3ccccc3N(C)SC)n1)CCCC(N1CCN(CCO)CC1)C2. The van der Waals surface area contributed by atoms with Crippen LogP contribution >= 0.6 is 23.5 Å². The Hall–Kier alpha value is -2.76. The number of aromatic nitrogens is 2. The molecule has 1 atom stereocenters. The van der Waals surface area contributed by atoms with Gasteiger partial charge in [-0.1, -0.05) is 35.7 Å². The topological polar surface area (TPSA) is 89.0 Å². The average molecular weight is 598 g/mol. The monoisotopic (exact) mass is 597 g/mol. The van der Waals surface area contributed by atoms with Crippen LogP contribution < -0.4 is 19.7 Å². The van der Waals surface area contributed by atoms with Gasteiger partial charge in [0.1, 0.15) is 10.8 Å². The quantitative estimate of drug-likeness (QED) is 0.214. The van der Waals surface area contributed by atoms with Gasteiger partial charge in [-0.05, 0) is 61.1 Å². The van der Waals surface area contributed by atoms with E-state index >= 15 is 0 Å². The number of aliphatic hydroxyl groups is 1. The van der Waals surface area contributed by atoms with E-state index in [1.54, 1.807) is 25.3 Å². The standard InChI is InChI=1S/C30H40ClN7O2S/c1-36(41-3)27-10-5-4-9-25(27)33-29-24(31)20-32-30(35-29)34-26-18-21-7-6-8-23(17-22(21)19-28(26)40-2)38-13-11-37(12-14-38)15-16-39/h4-5,9-10,18-20,23,39H,6-8,11-17H2,1-3H3,(H2,32,33,34,35). The molecule has 0 bridgehead atoms. The van der Waals surface area contributed by atoms with E-state index in [2.05, 4.69) is 47.9 Å². The van der Waals surface area contributed by atoms with Crippen molar-refractivity contribution in [2.24, 2.45) is 0 Å². The highest BCUT2D eigenvalue weighted by atomic mass is 35.5. The lowest BCUT2D eigenvalue weighted by Crippen LogP contribution is -2.51. The second-order valence-electron chi connectivity index (χ2n) is 10.5. The first-order valence-corrected chi connectivity index (χ1v) is 15.8. The first kappa shape index (κ1) is 29.7. The van der Waals surface area contributed by atoms with Gasteiger partial charge in [-0.3, -0.25) is 9.80 Å². The molecule has 220 valence electrons. The smallest absolute Gasteiger partial charge is 0.229 e. The molecule has 1 saturated heterocycles. The number of para-hydroxylation sites is 2. The van der Waals surface area contributed by atoms with Crippen LogP contribution in [-0.2, 0) is 12.8 Å². The molecule has 9 nitrogen and oxygen atoms in total. The fourth-order valence-electron chi connectivity index (χ4n) is 5.76. The third kappa shape index (κ3) is 7.18. The molecule has 3 aromatic rings. The molecule has 1 unspecified atom stereocenters. The summed E-state index contributed by atoms with van der Waals surface area (Å²) in [5.41, 5.74) is 5.47. The molecule has 5 rings (SSSR count). The lowest BCUT2D eigenvalue weighted by Gasteiger charge is -2.39. The number of rotatable bonds is 10. The number of anilines is 5. The highest BCUT2D eigenvalue weighted by Gasteiger charge is 2.27. The predicted octanol–water partition coefficient (Wildman–Crippen LogP) is 5.20. The van der Waals surface area contributed by atoms with Crippen LogP contribution in [0.25, 0.3) is 0 Å². The lowest BCUT2D eigenvalue weighted by atomic mass is 9.99.